The largest absolute Gasteiger partial charge is 0.376 e. The van der Waals surface area contributed by atoms with E-state index in [1.165, 1.54) is 0 Å². The van der Waals surface area contributed by atoms with Crippen LogP contribution in [0.3, 0.4) is 0 Å². The molecular formula is C16H26FNO. The van der Waals surface area contributed by atoms with Crippen LogP contribution in [0.25, 0.3) is 0 Å². The molecular weight excluding hydrogens is 241 g/mol. The minimum Gasteiger partial charge on any atom is -0.376 e. The molecule has 0 aliphatic rings. The van der Waals surface area contributed by atoms with Crippen LogP contribution in [0.4, 0.5) is 4.39 Å². The highest BCUT2D eigenvalue weighted by atomic mass is 19.1. The number of halogens is 1. The number of hydrogen-bond donors (Lipinski definition) is 1. The summed E-state index contributed by atoms with van der Waals surface area (Å²) in [5, 5.41) is 3.43. The van der Waals surface area contributed by atoms with Crippen LogP contribution in [-0.4, -0.2) is 19.3 Å². The first kappa shape index (κ1) is 16.1. The first-order valence-electron chi connectivity index (χ1n) is 7.11. The highest BCUT2D eigenvalue weighted by Gasteiger charge is 2.26. The van der Waals surface area contributed by atoms with Crippen LogP contribution in [0.1, 0.15) is 44.9 Å². The maximum Gasteiger partial charge on any atom is 0.123 e. The van der Waals surface area contributed by atoms with Crippen LogP contribution in [0.15, 0.2) is 18.2 Å². The molecule has 0 aliphatic carbocycles. The van der Waals surface area contributed by atoms with E-state index in [1.54, 1.807) is 12.1 Å². The number of ether oxygens (including phenoxy) is 1. The molecule has 2 nitrogen and oxygen atoms in total. The third kappa shape index (κ3) is 4.59. The second kappa shape index (κ2) is 7.61. The fourth-order valence-corrected chi connectivity index (χ4v) is 2.45. The molecule has 0 amide bonds. The van der Waals surface area contributed by atoms with E-state index in [-0.39, 0.29) is 18.0 Å². The van der Waals surface area contributed by atoms with Gasteiger partial charge < -0.3 is 10.1 Å². The van der Waals surface area contributed by atoms with Crippen LogP contribution in [-0.2, 0) is 4.74 Å². The molecule has 0 spiro atoms. The summed E-state index contributed by atoms with van der Waals surface area (Å²) >= 11 is 0. The summed E-state index contributed by atoms with van der Waals surface area (Å²) < 4.78 is 19.5. The zero-order chi connectivity index (χ0) is 14.4. The Balaban J connectivity index is 3.09. The topological polar surface area (TPSA) is 21.3 Å². The van der Waals surface area contributed by atoms with Gasteiger partial charge in [-0.1, -0.05) is 26.8 Å². The van der Waals surface area contributed by atoms with Gasteiger partial charge in [-0.3, -0.25) is 0 Å². The molecule has 3 heteroatoms. The van der Waals surface area contributed by atoms with Crippen molar-refractivity contribution in [1.82, 2.24) is 5.32 Å². The van der Waals surface area contributed by atoms with Gasteiger partial charge >= 0.3 is 0 Å². The van der Waals surface area contributed by atoms with Crippen molar-refractivity contribution in [2.75, 3.05) is 13.2 Å². The summed E-state index contributed by atoms with van der Waals surface area (Å²) in [5.41, 5.74) is 1.91. The zero-order valence-electron chi connectivity index (χ0n) is 12.7. The molecule has 0 aromatic heterocycles. The SMILES string of the molecule is CCNC(c1cc(C)cc(F)c1)C(OCC)C(C)C. The molecule has 108 valence electrons. The summed E-state index contributed by atoms with van der Waals surface area (Å²) in [6.45, 7) is 11.7. The van der Waals surface area contributed by atoms with Gasteiger partial charge in [0.15, 0.2) is 0 Å². The molecule has 0 heterocycles. The Morgan fingerprint density at radius 3 is 2.37 bits per heavy atom. The van der Waals surface area contributed by atoms with Crippen molar-refractivity contribution < 1.29 is 9.13 Å². The standard InChI is InChI=1S/C16H26FNO/c1-6-18-15(16(11(3)4)19-7-2)13-8-12(5)9-14(17)10-13/h8-11,15-16,18H,6-7H2,1-5H3. The van der Waals surface area contributed by atoms with Crippen LogP contribution < -0.4 is 5.32 Å². The molecule has 2 unspecified atom stereocenters. The Labute approximate surface area is 116 Å². The third-order valence-corrected chi connectivity index (χ3v) is 3.19. The van der Waals surface area contributed by atoms with Gasteiger partial charge in [0.25, 0.3) is 0 Å². The molecule has 0 bridgehead atoms. The van der Waals surface area contributed by atoms with E-state index in [0.29, 0.717) is 12.5 Å². The van der Waals surface area contributed by atoms with Crippen molar-refractivity contribution in [1.29, 1.82) is 0 Å². The lowest BCUT2D eigenvalue weighted by molar-refractivity contribution is 0.00311. The van der Waals surface area contributed by atoms with E-state index >= 15 is 0 Å². The normalized spacial score (nSPS) is 14.7. The van der Waals surface area contributed by atoms with Crippen LogP contribution in [0.5, 0.6) is 0 Å². The minimum absolute atomic E-state index is 0.0272. The van der Waals surface area contributed by atoms with Gasteiger partial charge in [0.05, 0.1) is 12.1 Å². The molecule has 0 saturated carbocycles. The van der Waals surface area contributed by atoms with Crippen molar-refractivity contribution in [3.05, 3.63) is 35.1 Å². The second-order valence-electron chi connectivity index (χ2n) is 5.26. The predicted octanol–water partition coefficient (Wildman–Crippen LogP) is 3.85. The maximum absolute atomic E-state index is 13.6. The first-order valence-corrected chi connectivity index (χ1v) is 7.11. The molecule has 0 aliphatic heterocycles. The second-order valence-corrected chi connectivity index (χ2v) is 5.26. The van der Waals surface area contributed by atoms with E-state index in [9.17, 15) is 4.39 Å². The van der Waals surface area contributed by atoms with Gasteiger partial charge in [-0.15, -0.1) is 0 Å². The highest BCUT2D eigenvalue weighted by Crippen LogP contribution is 2.26. The number of rotatable bonds is 7. The summed E-state index contributed by atoms with van der Waals surface area (Å²) in [6.07, 6.45) is 0.0474. The average molecular weight is 267 g/mol. The number of aryl methyl sites for hydroxylation is 1. The minimum atomic E-state index is -0.183. The highest BCUT2D eigenvalue weighted by molar-refractivity contribution is 5.27. The molecule has 0 fully saturated rings. The summed E-state index contributed by atoms with van der Waals surface area (Å²) in [5.74, 6) is 0.185. The average Bonchev–Trinajstić information content (AvgIpc) is 2.32. The fraction of sp³-hybridized carbons (Fsp3) is 0.625. The number of nitrogens with one attached hydrogen (secondary N) is 1. The van der Waals surface area contributed by atoms with E-state index in [0.717, 1.165) is 17.7 Å². The van der Waals surface area contributed by atoms with E-state index in [1.807, 2.05) is 19.9 Å². The molecule has 2 atom stereocenters. The number of hydrogen-bond acceptors (Lipinski definition) is 2. The summed E-state index contributed by atoms with van der Waals surface area (Å²) in [4.78, 5) is 0. The molecule has 0 saturated heterocycles. The molecule has 19 heavy (non-hydrogen) atoms. The number of benzene rings is 1. The fourth-order valence-electron chi connectivity index (χ4n) is 2.45. The lowest BCUT2D eigenvalue weighted by atomic mass is 9.92. The smallest absolute Gasteiger partial charge is 0.123 e. The predicted molar refractivity (Wildman–Crippen MR) is 77.8 cm³/mol. The Morgan fingerprint density at radius 2 is 1.89 bits per heavy atom. The van der Waals surface area contributed by atoms with Crippen molar-refractivity contribution in [2.45, 2.75) is 46.8 Å². The third-order valence-electron chi connectivity index (χ3n) is 3.19. The van der Waals surface area contributed by atoms with Gasteiger partial charge in [0.2, 0.25) is 0 Å². The molecule has 0 radical (unpaired) electrons. The maximum atomic E-state index is 13.6. The molecule has 1 N–H and O–H groups in total. The van der Waals surface area contributed by atoms with Crippen LogP contribution in [0.2, 0.25) is 0 Å². The summed E-state index contributed by atoms with van der Waals surface area (Å²) in [6, 6.07) is 5.22. The molecule has 1 aromatic rings. The Kier molecular flexibility index (Phi) is 6.46. The van der Waals surface area contributed by atoms with E-state index in [2.05, 4.69) is 26.1 Å². The van der Waals surface area contributed by atoms with E-state index < -0.39 is 0 Å². The monoisotopic (exact) mass is 267 g/mol. The molecule has 1 aromatic carbocycles. The van der Waals surface area contributed by atoms with Gasteiger partial charge in [-0.05, 0) is 49.6 Å². The Hall–Kier alpha value is -0.930. The van der Waals surface area contributed by atoms with Gasteiger partial charge in [0.1, 0.15) is 5.82 Å². The van der Waals surface area contributed by atoms with Gasteiger partial charge in [-0.2, -0.15) is 0 Å². The zero-order valence-corrected chi connectivity index (χ0v) is 12.7. The van der Waals surface area contributed by atoms with Crippen molar-refractivity contribution >= 4 is 0 Å². The van der Waals surface area contributed by atoms with E-state index in [4.69, 9.17) is 4.74 Å². The van der Waals surface area contributed by atoms with Crippen LogP contribution >= 0.6 is 0 Å². The molecule has 1 rings (SSSR count). The van der Waals surface area contributed by atoms with Crippen molar-refractivity contribution in [2.24, 2.45) is 5.92 Å². The lowest BCUT2D eigenvalue weighted by Crippen LogP contribution is -2.37. The first-order chi connectivity index (χ1) is 8.99. The van der Waals surface area contributed by atoms with Crippen molar-refractivity contribution in [3.63, 3.8) is 0 Å². The summed E-state index contributed by atoms with van der Waals surface area (Å²) in [7, 11) is 0. The Bertz CT molecular complexity index is 372. The lowest BCUT2D eigenvalue weighted by Gasteiger charge is -2.31. The van der Waals surface area contributed by atoms with Gasteiger partial charge in [-0.25, -0.2) is 4.39 Å². The number of likely N-dealkylation sites (N-methyl/N-ethyl adjacent to an activating group) is 1. The van der Waals surface area contributed by atoms with Crippen LogP contribution in [0, 0.1) is 18.7 Å². The Morgan fingerprint density at radius 1 is 1.21 bits per heavy atom. The quantitative estimate of drug-likeness (QED) is 0.810. The van der Waals surface area contributed by atoms with Gasteiger partial charge in [0, 0.05) is 6.61 Å². The van der Waals surface area contributed by atoms with Crippen molar-refractivity contribution in [3.8, 4) is 0 Å².